The maximum atomic E-state index is 10.2. The monoisotopic (exact) mass is 329 g/mol. The summed E-state index contributed by atoms with van der Waals surface area (Å²) in [5.41, 5.74) is 1.92. The van der Waals surface area contributed by atoms with Crippen molar-refractivity contribution in [2.45, 2.75) is 0 Å². The zero-order valence-electron chi connectivity index (χ0n) is 13.2. The van der Waals surface area contributed by atoms with Crippen LogP contribution >= 0.6 is 0 Å². The summed E-state index contributed by atoms with van der Waals surface area (Å²) < 4.78 is 1.66. The van der Waals surface area contributed by atoms with Gasteiger partial charge in [0.05, 0.1) is 16.8 Å². The van der Waals surface area contributed by atoms with Crippen LogP contribution in [0.4, 0.5) is 0 Å². The van der Waals surface area contributed by atoms with Crippen LogP contribution in [-0.4, -0.2) is 25.0 Å². The summed E-state index contributed by atoms with van der Waals surface area (Å²) in [6.45, 7) is 0. The molecule has 3 aromatic carbocycles. The zero-order valence-corrected chi connectivity index (χ0v) is 13.2. The average Bonchev–Trinajstić information content (AvgIpc) is 3.08. The summed E-state index contributed by atoms with van der Waals surface area (Å²) in [5, 5.41) is 24.9. The van der Waals surface area contributed by atoms with Gasteiger partial charge in [-0.2, -0.15) is 0 Å². The molecule has 0 aliphatic heterocycles. The maximum Gasteiger partial charge on any atom is 0.185 e. The highest BCUT2D eigenvalue weighted by Crippen LogP contribution is 2.33. The Morgan fingerprint density at radius 3 is 1.84 bits per heavy atom. The van der Waals surface area contributed by atoms with E-state index in [0.29, 0.717) is 22.8 Å². The predicted octanol–water partition coefficient (Wildman–Crippen LogP) is 4.01. The molecule has 4 aromatic rings. The third-order valence-electron chi connectivity index (χ3n) is 3.90. The molecule has 5 nitrogen and oxygen atoms in total. The normalized spacial score (nSPS) is 10.7. The van der Waals surface area contributed by atoms with Gasteiger partial charge in [-0.25, -0.2) is 9.67 Å². The van der Waals surface area contributed by atoms with Crippen molar-refractivity contribution in [3.05, 3.63) is 78.9 Å². The quantitative estimate of drug-likeness (QED) is 0.596. The van der Waals surface area contributed by atoms with Crippen molar-refractivity contribution in [3.8, 4) is 40.0 Å². The standard InChI is InChI=1S/C20H15N3O2/c24-17-12-6-4-10-15(17)19-21-20(16-11-5-7-13-18(16)25)23(22-19)14-8-2-1-3-9-14/h1-13,24-25H. The van der Waals surface area contributed by atoms with Gasteiger partial charge >= 0.3 is 0 Å². The molecule has 0 radical (unpaired) electrons. The van der Waals surface area contributed by atoms with E-state index in [4.69, 9.17) is 0 Å². The van der Waals surface area contributed by atoms with Crippen LogP contribution in [-0.2, 0) is 0 Å². The number of aromatic hydroxyl groups is 2. The molecule has 25 heavy (non-hydrogen) atoms. The highest BCUT2D eigenvalue weighted by molar-refractivity contribution is 5.70. The second kappa shape index (κ2) is 6.13. The minimum absolute atomic E-state index is 0.108. The predicted molar refractivity (Wildman–Crippen MR) is 95.6 cm³/mol. The Labute approximate surface area is 144 Å². The number of phenolic OH excluding ortho intramolecular Hbond substituents is 2. The number of hydrogen-bond acceptors (Lipinski definition) is 4. The molecule has 0 amide bonds. The lowest BCUT2D eigenvalue weighted by atomic mass is 10.1. The topological polar surface area (TPSA) is 71.2 Å². The number of para-hydroxylation sites is 3. The lowest BCUT2D eigenvalue weighted by Crippen LogP contribution is -1.99. The molecule has 2 N–H and O–H groups in total. The molecule has 0 unspecified atom stereocenters. The van der Waals surface area contributed by atoms with Crippen molar-refractivity contribution in [1.29, 1.82) is 0 Å². The van der Waals surface area contributed by atoms with E-state index in [0.717, 1.165) is 5.69 Å². The molecule has 4 rings (SSSR count). The highest BCUT2D eigenvalue weighted by Gasteiger charge is 2.18. The first-order valence-electron chi connectivity index (χ1n) is 7.83. The van der Waals surface area contributed by atoms with Gasteiger partial charge in [-0.15, -0.1) is 5.10 Å². The summed E-state index contributed by atoms with van der Waals surface area (Å²) >= 11 is 0. The van der Waals surface area contributed by atoms with E-state index in [1.165, 1.54) is 0 Å². The van der Waals surface area contributed by atoms with E-state index in [9.17, 15) is 10.2 Å². The third-order valence-corrected chi connectivity index (χ3v) is 3.90. The summed E-state index contributed by atoms with van der Waals surface area (Å²) in [4.78, 5) is 4.58. The molecule has 0 saturated carbocycles. The Balaban J connectivity index is 1.96. The van der Waals surface area contributed by atoms with Crippen LogP contribution < -0.4 is 0 Å². The molecular formula is C20H15N3O2. The van der Waals surface area contributed by atoms with Crippen LogP contribution in [0.15, 0.2) is 78.9 Å². The fourth-order valence-electron chi connectivity index (χ4n) is 2.68. The molecule has 0 fully saturated rings. The minimum Gasteiger partial charge on any atom is -0.507 e. The first kappa shape index (κ1) is 15.0. The number of phenols is 2. The van der Waals surface area contributed by atoms with Gasteiger partial charge < -0.3 is 10.2 Å². The van der Waals surface area contributed by atoms with Crippen LogP contribution in [0.2, 0.25) is 0 Å². The van der Waals surface area contributed by atoms with E-state index in [-0.39, 0.29) is 11.5 Å². The lowest BCUT2D eigenvalue weighted by molar-refractivity contribution is 0.476. The maximum absolute atomic E-state index is 10.2. The van der Waals surface area contributed by atoms with Gasteiger partial charge in [0.2, 0.25) is 0 Å². The SMILES string of the molecule is Oc1ccccc1-c1nc(-c2ccccc2O)n(-c2ccccc2)n1. The van der Waals surface area contributed by atoms with Crippen molar-refractivity contribution in [3.63, 3.8) is 0 Å². The van der Waals surface area contributed by atoms with Gasteiger partial charge in [0, 0.05) is 0 Å². The van der Waals surface area contributed by atoms with E-state index >= 15 is 0 Å². The number of nitrogens with zero attached hydrogens (tertiary/aromatic N) is 3. The van der Waals surface area contributed by atoms with Gasteiger partial charge in [0.15, 0.2) is 11.6 Å². The van der Waals surface area contributed by atoms with Crippen molar-refractivity contribution in [1.82, 2.24) is 14.8 Å². The number of benzene rings is 3. The second-order valence-corrected chi connectivity index (χ2v) is 5.54. The zero-order chi connectivity index (χ0) is 17.2. The average molecular weight is 329 g/mol. The van der Waals surface area contributed by atoms with E-state index in [1.807, 2.05) is 42.5 Å². The lowest BCUT2D eigenvalue weighted by Gasteiger charge is -2.06. The van der Waals surface area contributed by atoms with Gasteiger partial charge in [-0.1, -0.05) is 42.5 Å². The van der Waals surface area contributed by atoms with Crippen molar-refractivity contribution < 1.29 is 10.2 Å². The Morgan fingerprint density at radius 1 is 0.640 bits per heavy atom. The Kier molecular flexibility index (Phi) is 3.67. The van der Waals surface area contributed by atoms with Crippen LogP contribution in [0.5, 0.6) is 11.5 Å². The van der Waals surface area contributed by atoms with Crippen LogP contribution in [0, 0.1) is 0 Å². The summed E-state index contributed by atoms with van der Waals surface area (Å²) in [7, 11) is 0. The smallest absolute Gasteiger partial charge is 0.185 e. The van der Waals surface area contributed by atoms with Gasteiger partial charge in [0.25, 0.3) is 0 Å². The molecule has 1 aromatic heterocycles. The highest BCUT2D eigenvalue weighted by atomic mass is 16.3. The molecule has 0 bridgehead atoms. The van der Waals surface area contributed by atoms with Crippen molar-refractivity contribution >= 4 is 0 Å². The Hall–Kier alpha value is -3.60. The van der Waals surface area contributed by atoms with Gasteiger partial charge in [0.1, 0.15) is 11.5 Å². The fraction of sp³-hybridized carbons (Fsp3) is 0. The molecule has 0 aliphatic rings. The van der Waals surface area contributed by atoms with E-state index < -0.39 is 0 Å². The number of aromatic nitrogens is 3. The molecule has 0 spiro atoms. The molecule has 122 valence electrons. The first-order chi connectivity index (χ1) is 12.2. The van der Waals surface area contributed by atoms with E-state index in [2.05, 4.69) is 10.1 Å². The second-order valence-electron chi connectivity index (χ2n) is 5.54. The molecule has 1 heterocycles. The summed E-state index contributed by atoms with van der Waals surface area (Å²) in [6.07, 6.45) is 0. The molecule has 0 saturated heterocycles. The number of hydrogen-bond donors (Lipinski definition) is 2. The number of rotatable bonds is 3. The van der Waals surface area contributed by atoms with E-state index in [1.54, 1.807) is 41.1 Å². The minimum atomic E-state index is 0.108. The molecule has 0 aliphatic carbocycles. The Morgan fingerprint density at radius 2 is 1.20 bits per heavy atom. The summed E-state index contributed by atoms with van der Waals surface area (Å²) in [5.74, 6) is 1.12. The van der Waals surface area contributed by atoms with Gasteiger partial charge in [-0.05, 0) is 36.4 Å². The fourth-order valence-corrected chi connectivity index (χ4v) is 2.68. The van der Waals surface area contributed by atoms with Crippen molar-refractivity contribution in [2.24, 2.45) is 0 Å². The summed E-state index contributed by atoms with van der Waals surface area (Å²) in [6, 6.07) is 23.5. The van der Waals surface area contributed by atoms with Crippen LogP contribution in [0.25, 0.3) is 28.5 Å². The van der Waals surface area contributed by atoms with Crippen molar-refractivity contribution in [2.75, 3.05) is 0 Å². The first-order valence-corrected chi connectivity index (χ1v) is 7.83. The third kappa shape index (κ3) is 2.72. The van der Waals surface area contributed by atoms with Gasteiger partial charge in [-0.3, -0.25) is 0 Å². The van der Waals surface area contributed by atoms with Crippen LogP contribution in [0.3, 0.4) is 0 Å². The molecule has 0 atom stereocenters. The molecule has 5 heteroatoms. The Bertz CT molecular complexity index is 1030. The molecular weight excluding hydrogens is 314 g/mol. The largest absolute Gasteiger partial charge is 0.507 e. The van der Waals surface area contributed by atoms with Crippen LogP contribution in [0.1, 0.15) is 0 Å².